The number of likely N-dealkylation sites (tertiary alicyclic amines) is 1. The highest BCUT2D eigenvalue weighted by Gasteiger charge is 2.26. The van der Waals surface area contributed by atoms with E-state index in [2.05, 4.69) is 5.32 Å². The fourth-order valence-electron chi connectivity index (χ4n) is 2.97. The van der Waals surface area contributed by atoms with Crippen LogP contribution >= 0.6 is 11.6 Å². The molecule has 0 atom stereocenters. The second-order valence-corrected chi connectivity index (χ2v) is 6.55. The smallest absolute Gasteiger partial charge is 0.255 e. The van der Waals surface area contributed by atoms with Gasteiger partial charge in [-0.05, 0) is 49.2 Å². The van der Waals surface area contributed by atoms with Crippen LogP contribution in [0.4, 0.5) is 8.78 Å². The summed E-state index contributed by atoms with van der Waals surface area (Å²) in [6.07, 6.45) is 1.09. The number of rotatable bonds is 3. The molecule has 4 nitrogen and oxygen atoms in total. The summed E-state index contributed by atoms with van der Waals surface area (Å²) in [4.78, 5) is 26.3. The van der Waals surface area contributed by atoms with Crippen LogP contribution in [0.5, 0.6) is 0 Å². The predicted octanol–water partition coefficient (Wildman–Crippen LogP) is 3.65. The molecule has 1 aliphatic rings. The third-order valence-corrected chi connectivity index (χ3v) is 4.71. The van der Waals surface area contributed by atoms with Gasteiger partial charge in [-0.25, -0.2) is 8.78 Å². The van der Waals surface area contributed by atoms with E-state index in [9.17, 15) is 18.4 Å². The van der Waals surface area contributed by atoms with Gasteiger partial charge >= 0.3 is 0 Å². The Hall–Kier alpha value is -2.47. The molecule has 26 heavy (non-hydrogen) atoms. The number of benzene rings is 2. The van der Waals surface area contributed by atoms with Crippen LogP contribution in [0, 0.1) is 11.6 Å². The van der Waals surface area contributed by atoms with E-state index >= 15 is 0 Å². The standard InChI is InChI=1S/C19H17ClF2N2O2/c20-15-2-1-3-16(22)17(15)18(25)23-14-8-10-24(11-9-14)19(26)12-4-6-13(21)7-5-12/h1-7,14H,8-11H2,(H,23,25). The maximum Gasteiger partial charge on any atom is 0.255 e. The van der Waals surface area contributed by atoms with Crippen molar-refractivity contribution in [3.8, 4) is 0 Å². The number of nitrogens with one attached hydrogen (secondary N) is 1. The quantitative estimate of drug-likeness (QED) is 0.886. The molecule has 1 N–H and O–H groups in total. The van der Waals surface area contributed by atoms with E-state index in [4.69, 9.17) is 11.6 Å². The zero-order valence-corrected chi connectivity index (χ0v) is 14.6. The molecule has 1 fully saturated rings. The Kier molecular flexibility index (Phi) is 5.52. The van der Waals surface area contributed by atoms with Gasteiger partial charge in [-0.15, -0.1) is 0 Å². The number of piperidine rings is 1. The third-order valence-electron chi connectivity index (χ3n) is 4.40. The lowest BCUT2D eigenvalue weighted by Crippen LogP contribution is -2.46. The summed E-state index contributed by atoms with van der Waals surface area (Å²) in [5.74, 6) is -1.79. The second kappa shape index (κ2) is 7.83. The molecule has 0 bridgehead atoms. The van der Waals surface area contributed by atoms with Crippen LogP contribution < -0.4 is 5.32 Å². The van der Waals surface area contributed by atoms with Gasteiger partial charge < -0.3 is 10.2 Å². The van der Waals surface area contributed by atoms with Crippen molar-refractivity contribution in [2.24, 2.45) is 0 Å². The number of nitrogens with zero attached hydrogens (tertiary/aromatic N) is 1. The van der Waals surface area contributed by atoms with E-state index in [0.29, 0.717) is 31.5 Å². The number of carbonyl (C=O) groups excluding carboxylic acids is 2. The molecule has 136 valence electrons. The fraction of sp³-hybridized carbons (Fsp3) is 0.263. The molecule has 3 rings (SSSR count). The zero-order chi connectivity index (χ0) is 18.7. The molecule has 2 aromatic carbocycles. The van der Waals surface area contributed by atoms with Crippen molar-refractivity contribution in [3.63, 3.8) is 0 Å². The molecule has 1 heterocycles. The van der Waals surface area contributed by atoms with Crippen LogP contribution in [-0.4, -0.2) is 35.8 Å². The normalized spacial score (nSPS) is 15.0. The van der Waals surface area contributed by atoms with Crippen molar-refractivity contribution < 1.29 is 18.4 Å². The van der Waals surface area contributed by atoms with Gasteiger partial charge in [0.1, 0.15) is 11.6 Å². The van der Waals surface area contributed by atoms with Crippen LogP contribution in [-0.2, 0) is 0 Å². The van der Waals surface area contributed by atoms with Gasteiger partial charge in [0, 0.05) is 24.7 Å². The Morgan fingerprint density at radius 2 is 1.69 bits per heavy atom. The summed E-state index contributed by atoms with van der Waals surface area (Å²) in [5, 5.41) is 2.83. The van der Waals surface area contributed by atoms with Crippen LogP contribution in [0.15, 0.2) is 42.5 Å². The number of amides is 2. The van der Waals surface area contributed by atoms with E-state index in [1.807, 2.05) is 0 Å². The van der Waals surface area contributed by atoms with Gasteiger partial charge in [-0.3, -0.25) is 9.59 Å². The molecule has 7 heteroatoms. The van der Waals surface area contributed by atoms with E-state index < -0.39 is 17.5 Å². The third kappa shape index (κ3) is 4.02. The second-order valence-electron chi connectivity index (χ2n) is 6.14. The Bertz CT molecular complexity index is 799. The first-order chi connectivity index (χ1) is 12.5. The molecule has 0 saturated carbocycles. The molecular formula is C19H17ClF2N2O2. The minimum atomic E-state index is -0.668. The number of carbonyl (C=O) groups is 2. The minimum Gasteiger partial charge on any atom is -0.349 e. The van der Waals surface area contributed by atoms with Gasteiger partial charge in [0.15, 0.2) is 0 Å². The van der Waals surface area contributed by atoms with E-state index in [1.165, 1.54) is 42.5 Å². The first-order valence-corrected chi connectivity index (χ1v) is 8.63. The van der Waals surface area contributed by atoms with E-state index in [1.54, 1.807) is 4.90 Å². The van der Waals surface area contributed by atoms with Crippen molar-refractivity contribution in [2.45, 2.75) is 18.9 Å². The Morgan fingerprint density at radius 1 is 1.04 bits per heavy atom. The highest BCUT2D eigenvalue weighted by atomic mass is 35.5. The van der Waals surface area contributed by atoms with Crippen molar-refractivity contribution in [1.29, 1.82) is 0 Å². The average Bonchev–Trinajstić information content (AvgIpc) is 2.62. The van der Waals surface area contributed by atoms with Gasteiger partial charge in [-0.1, -0.05) is 17.7 Å². The average molecular weight is 379 g/mol. The lowest BCUT2D eigenvalue weighted by atomic mass is 10.0. The molecule has 0 aliphatic carbocycles. The predicted molar refractivity (Wildman–Crippen MR) is 94.2 cm³/mol. The van der Waals surface area contributed by atoms with Crippen LogP contribution in [0.2, 0.25) is 5.02 Å². The fourth-order valence-corrected chi connectivity index (χ4v) is 3.22. The van der Waals surface area contributed by atoms with Crippen molar-refractivity contribution >= 4 is 23.4 Å². The van der Waals surface area contributed by atoms with Crippen LogP contribution in [0.3, 0.4) is 0 Å². The van der Waals surface area contributed by atoms with Crippen LogP contribution in [0.25, 0.3) is 0 Å². The molecule has 0 unspecified atom stereocenters. The van der Waals surface area contributed by atoms with Crippen molar-refractivity contribution in [3.05, 3.63) is 70.2 Å². The summed E-state index contributed by atoms with van der Waals surface area (Å²) in [6.45, 7) is 0.901. The first kappa shape index (κ1) is 18.3. The zero-order valence-electron chi connectivity index (χ0n) is 13.8. The van der Waals surface area contributed by atoms with Gasteiger partial charge in [0.05, 0.1) is 10.6 Å². The molecule has 2 aromatic rings. The highest BCUT2D eigenvalue weighted by Crippen LogP contribution is 2.20. The lowest BCUT2D eigenvalue weighted by Gasteiger charge is -2.32. The molecular weight excluding hydrogens is 362 g/mol. The maximum atomic E-state index is 13.8. The summed E-state index contributed by atoms with van der Waals surface area (Å²) in [7, 11) is 0. The largest absolute Gasteiger partial charge is 0.349 e. The minimum absolute atomic E-state index is 0.0615. The molecule has 1 saturated heterocycles. The summed E-state index contributed by atoms with van der Waals surface area (Å²) in [6, 6.07) is 9.31. The number of hydrogen-bond acceptors (Lipinski definition) is 2. The Labute approximate surface area is 154 Å². The molecule has 0 aromatic heterocycles. The van der Waals surface area contributed by atoms with Crippen molar-refractivity contribution in [2.75, 3.05) is 13.1 Å². The summed E-state index contributed by atoms with van der Waals surface area (Å²) < 4.78 is 26.8. The molecule has 0 spiro atoms. The molecule has 1 aliphatic heterocycles. The maximum absolute atomic E-state index is 13.8. The lowest BCUT2D eigenvalue weighted by molar-refractivity contribution is 0.0698. The van der Waals surface area contributed by atoms with Crippen LogP contribution in [0.1, 0.15) is 33.6 Å². The summed E-state index contributed by atoms with van der Waals surface area (Å²) >= 11 is 5.91. The summed E-state index contributed by atoms with van der Waals surface area (Å²) in [5.41, 5.74) is 0.256. The van der Waals surface area contributed by atoms with Gasteiger partial charge in [0.2, 0.25) is 0 Å². The van der Waals surface area contributed by atoms with E-state index in [0.717, 1.165) is 0 Å². The van der Waals surface area contributed by atoms with Gasteiger partial charge in [-0.2, -0.15) is 0 Å². The topological polar surface area (TPSA) is 49.4 Å². The first-order valence-electron chi connectivity index (χ1n) is 8.25. The Morgan fingerprint density at radius 3 is 2.31 bits per heavy atom. The molecule has 0 radical (unpaired) electrons. The Balaban J connectivity index is 1.58. The SMILES string of the molecule is O=C(NC1CCN(C(=O)c2ccc(F)cc2)CC1)c1c(F)cccc1Cl. The highest BCUT2D eigenvalue weighted by molar-refractivity contribution is 6.33. The molecule has 2 amide bonds. The van der Waals surface area contributed by atoms with E-state index in [-0.39, 0.29) is 22.5 Å². The van der Waals surface area contributed by atoms with Crippen molar-refractivity contribution in [1.82, 2.24) is 10.2 Å². The monoisotopic (exact) mass is 378 g/mol. The number of halogens is 3. The van der Waals surface area contributed by atoms with Gasteiger partial charge in [0.25, 0.3) is 11.8 Å². The number of hydrogen-bond donors (Lipinski definition) is 1.